The standard InChI is InChI=1S/C21H21FN2O4/c22-17-8-14-9-18(13-25)24-21(27)16-5-3-4-15(11-16)20(26)23-6-1-2-7-28-19(10-14)12-17/h1-5,8,10-12,18,25H,6-7,9,13H2,(H,23,26)(H,24,27). The van der Waals surface area contributed by atoms with Crippen LogP contribution in [0.3, 0.4) is 0 Å². The molecule has 3 N–H and O–H groups in total. The molecule has 1 heterocycles. The van der Waals surface area contributed by atoms with Crippen molar-refractivity contribution >= 4 is 11.8 Å². The Balaban J connectivity index is 1.90. The number of ether oxygens (including phenoxy) is 1. The number of aliphatic hydroxyl groups excluding tert-OH is 1. The maximum absolute atomic E-state index is 13.9. The second kappa shape index (κ2) is 9.14. The van der Waals surface area contributed by atoms with Crippen molar-refractivity contribution in [1.29, 1.82) is 0 Å². The minimum atomic E-state index is -0.616. The highest BCUT2D eigenvalue weighted by atomic mass is 19.1. The number of benzene rings is 2. The predicted molar refractivity (Wildman–Crippen MR) is 102 cm³/mol. The van der Waals surface area contributed by atoms with Crippen LogP contribution in [0.4, 0.5) is 4.39 Å². The largest absolute Gasteiger partial charge is 0.489 e. The lowest BCUT2D eigenvalue weighted by Gasteiger charge is -2.17. The van der Waals surface area contributed by atoms with E-state index in [9.17, 15) is 19.1 Å². The number of hydrogen-bond donors (Lipinski definition) is 3. The second-order valence-corrected chi connectivity index (χ2v) is 6.43. The van der Waals surface area contributed by atoms with Gasteiger partial charge in [0, 0.05) is 23.7 Å². The van der Waals surface area contributed by atoms with Gasteiger partial charge in [-0.25, -0.2) is 4.39 Å². The van der Waals surface area contributed by atoms with Crippen molar-refractivity contribution in [2.24, 2.45) is 0 Å². The molecule has 28 heavy (non-hydrogen) atoms. The minimum absolute atomic E-state index is 0.217. The lowest BCUT2D eigenvalue weighted by molar-refractivity contribution is 0.0916. The van der Waals surface area contributed by atoms with Crippen LogP contribution in [0.1, 0.15) is 26.3 Å². The number of fused-ring (bicyclic) bond motifs is 4. The quantitative estimate of drug-likeness (QED) is 0.655. The number of carbonyl (C=O) groups excluding carboxylic acids is 2. The number of amides is 2. The third-order valence-corrected chi connectivity index (χ3v) is 4.25. The van der Waals surface area contributed by atoms with Gasteiger partial charge in [0.1, 0.15) is 18.2 Å². The normalized spacial score (nSPS) is 17.9. The summed E-state index contributed by atoms with van der Waals surface area (Å²) < 4.78 is 19.4. The Labute approximate surface area is 162 Å². The highest BCUT2D eigenvalue weighted by molar-refractivity contribution is 5.99. The minimum Gasteiger partial charge on any atom is -0.489 e. The molecule has 1 atom stereocenters. The number of carbonyl (C=O) groups is 2. The van der Waals surface area contributed by atoms with Crippen LogP contribution in [-0.2, 0) is 6.42 Å². The molecule has 6 nitrogen and oxygen atoms in total. The van der Waals surface area contributed by atoms with E-state index >= 15 is 0 Å². The zero-order valence-electron chi connectivity index (χ0n) is 15.2. The van der Waals surface area contributed by atoms with Crippen molar-refractivity contribution in [3.05, 3.63) is 77.1 Å². The maximum atomic E-state index is 13.9. The van der Waals surface area contributed by atoms with E-state index in [4.69, 9.17) is 4.74 Å². The molecule has 0 saturated heterocycles. The Morgan fingerprint density at radius 1 is 1.07 bits per heavy atom. The molecule has 1 aliphatic rings. The summed E-state index contributed by atoms with van der Waals surface area (Å²) in [6.45, 7) is 0.190. The van der Waals surface area contributed by atoms with E-state index in [0.29, 0.717) is 29.0 Å². The third-order valence-electron chi connectivity index (χ3n) is 4.25. The van der Waals surface area contributed by atoms with E-state index in [-0.39, 0.29) is 25.5 Å². The van der Waals surface area contributed by atoms with Gasteiger partial charge in [0.2, 0.25) is 0 Å². The SMILES string of the molecule is O=C1NCC=CCOc2cc(F)cc(c2)CC(CO)NC(=O)c2cccc1c2. The van der Waals surface area contributed by atoms with Crippen molar-refractivity contribution < 1.29 is 23.8 Å². The van der Waals surface area contributed by atoms with Crippen LogP contribution in [0.2, 0.25) is 0 Å². The third kappa shape index (κ3) is 5.17. The fraction of sp³-hybridized carbons (Fsp3) is 0.238. The first-order valence-electron chi connectivity index (χ1n) is 8.92. The van der Waals surface area contributed by atoms with Crippen molar-refractivity contribution in [2.75, 3.05) is 19.8 Å². The van der Waals surface area contributed by atoms with Gasteiger partial charge in [-0.15, -0.1) is 0 Å². The molecule has 7 heteroatoms. The van der Waals surface area contributed by atoms with Crippen LogP contribution < -0.4 is 15.4 Å². The Morgan fingerprint density at radius 3 is 2.64 bits per heavy atom. The first-order chi connectivity index (χ1) is 13.5. The molecule has 0 radical (unpaired) electrons. The number of halogens is 1. The number of hydrogen-bond acceptors (Lipinski definition) is 4. The van der Waals surface area contributed by atoms with Gasteiger partial charge in [-0.2, -0.15) is 0 Å². The average Bonchev–Trinajstić information content (AvgIpc) is 2.69. The van der Waals surface area contributed by atoms with E-state index in [1.165, 1.54) is 18.2 Å². The van der Waals surface area contributed by atoms with Crippen molar-refractivity contribution in [3.8, 4) is 5.75 Å². The fourth-order valence-electron chi connectivity index (χ4n) is 2.89. The van der Waals surface area contributed by atoms with Gasteiger partial charge < -0.3 is 20.5 Å². The molecule has 0 spiro atoms. The molecular weight excluding hydrogens is 363 g/mol. The summed E-state index contributed by atoms with van der Waals surface area (Å²) in [5.41, 5.74) is 1.25. The van der Waals surface area contributed by atoms with Crippen LogP contribution >= 0.6 is 0 Å². The number of nitrogens with one attached hydrogen (secondary N) is 2. The van der Waals surface area contributed by atoms with E-state index in [0.717, 1.165) is 0 Å². The van der Waals surface area contributed by atoms with E-state index < -0.39 is 17.8 Å². The van der Waals surface area contributed by atoms with Gasteiger partial charge in [0.05, 0.1) is 12.6 Å². The Hall–Kier alpha value is -3.19. The second-order valence-electron chi connectivity index (χ2n) is 6.43. The summed E-state index contributed by atoms with van der Waals surface area (Å²) in [6, 6.07) is 9.98. The van der Waals surface area contributed by atoms with Crippen molar-refractivity contribution in [2.45, 2.75) is 12.5 Å². The lowest BCUT2D eigenvalue weighted by Crippen LogP contribution is -2.39. The first-order valence-corrected chi connectivity index (χ1v) is 8.92. The molecule has 146 valence electrons. The molecule has 0 aromatic heterocycles. The van der Waals surface area contributed by atoms with Gasteiger partial charge in [0.25, 0.3) is 11.8 Å². The molecule has 0 saturated carbocycles. The van der Waals surface area contributed by atoms with Crippen molar-refractivity contribution in [1.82, 2.24) is 10.6 Å². The maximum Gasteiger partial charge on any atom is 0.251 e. The topological polar surface area (TPSA) is 87.7 Å². The molecule has 2 aromatic carbocycles. The van der Waals surface area contributed by atoms with E-state index in [1.54, 1.807) is 36.4 Å². The Bertz CT molecular complexity index is 898. The molecule has 3 rings (SSSR count). The molecule has 1 aliphatic heterocycles. The molecule has 2 aromatic rings. The monoisotopic (exact) mass is 384 g/mol. The van der Waals surface area contributed by atoms with Gasteiger partial charge in [-0.05, 0) is 48.4 Å². The van der Waals surface area contributed by atoms with Gasteiger partial charge >= 0.3 is 0 Å². The zero-order chi connectivity index (χ0) is 19.9. The molecule has 1 unspecified atom stereocenters. The molecule has 2 amide bonds. The highest BCUT2D eigenvalue weighted by Crippen LogP contribution is 2.18. The number of rotatable bonds is 1. The zero-order valence-corrected chi connectivity index (χ0v) is 15.2. The first kappa shape index (κ1) is 19.6. The molecular formula is C21H21FN2O4. The van der Waals surface area contributed by atoms with Gasteiger partial charge in [-0.1, -0.05) is 12.1 Å². The lowest BCUT2D eigenvalue weighted by atomic mass is 10.0. The summed E-state index contributed by atoms with van der Waals surface area (Å²) in [6.07, 6.45) is 3.68. The van der Waals surface area contributed by atoms with E-state index in [1.807, 2.05) is 0 Å². The van der Waals surface area contributed by atoms with Gasteiger partial charge in [-0.3, -0.25) is 9.59 Å². The van der Waals surface area contributed by atoms with Gasteiger partial charge in [0.15, 0.2) is 0 Å². The summed E-state index contributed by atoms with van der Waals surface area (Å²) >= 11 is 0. The molecule has 0 fully saturated rings. The Kier molecular flexibility index (Phi) is 6.39. The summed E-state index contributed by atoms with van der Waals surface area (Å²) in [4.78, 5) is 24.8. The summed E-state index contributed by atoms with van der Waals surface area (Å²) in [5.74, 6) is -0.845. The van der Waals surface area contributed by atoms with Crippen molar-refractivity contribution in [3.63, 3.8) is 0 Å². The van der Waals surface area contributed by atoms with E-state index in [2.05, 4.69) is 10.6 Å². The van der Waals surface area contributed by atoms with Crippen LogP contribution in [0, 0.1) is 5.82 Å². The molecule has 0 aliphatic carbocycles. The summed E-state index contributed by atoms with van der Waals surface area (Å²) in [5, 5.41) is 15.1. The number of aliphatic hydroxyl groups is 1. The summed E-state index contributed by atoms with van der Waals surface area (Å²) in [7, 11) is 0. The Morgan fingerprint density at radius 2 is 1.86 bits per heavy atom. The molecule has 4 bridgehead atoms. The van der Waals surface area contributed by atoms with Crippen LogP contribution in [0.25, 0.3) is 0 Å². The predicted octanol–water partition coefficient (Wildman–Crippen LogP) is 1.84. The van der Waals surface area contributed by atoms with Crippen LogP contribution in [0.15, 0.2) is 54.6 Å². The highest BCUT2D eigenvalue weighted by Gasteiger charge is 2.16. The van der Waals surface area contributed by atoms with Crippen LogP contribution in [-0.4, -0.2) is 42.7 Å². The smallest absolute Gasteiger partial charge is 0.251 e. The average molecular weight is 384 g/mol. The fourth-order valence-corrected chi connectivity index (χ4v) is 2.89. The van der Waals surface area contributed by atoms with Crippen LogP contribution in [0.5, 0.6) is 5.75 Å².